The van der Waals surface area contributed by atoms with Crippen LogP contribution in [0.2, 0.25) is 0 Å². The third-order valence-corrected chi connectivity index (χ3v) is 18.0. The number of carbonyl (C=O) groups is 5. The van der Waals surface area contributed by atoms with Gasteiger partial charge in [-0.05, 0) is 127 Å². The fourth-order valence-corrected chi connectivity index (χ4v) is 13.1. The van der Waals surface area contributed by atoms with Crippen molar-refractivity contribution in [2.45, 2.75) is 168 Å². The van der Waals surface area contributed by atoms with Crippen molar-refractivity contribution < 1.29 is 38.9 Å². The number of carbonyl (C=O) groups excluding carboxylic acids is 5. The van der Waals surface area contributed by atoms with E-state index in [1.807, 2.05) is 56.3 Å². The number of aromatic hydroxyl groups is 2. The average Bonchev–Trinajstić information content (AvgIpc) is 2.28. The largest absolute Gasteiger partial charge is 0.505 e. The minimum Gasteiger partial charge on any atom is -0.505 e. The molecule has 0 saturated heterocycles. The highest BCUT2D eigenvalue weighted by molar-refractivity contribution is 14.1. The van der Waals surface area contributed by atoms with Crippen molar-refractivity contribution in [1.82, 2.24) is 39.8 Å². The van der Waals surface area contributed by atoms with Gasteiger partial charge < -0.3 is 14.9 Å². The highest BCUT2D eigenvalue weighted by atomic mass is 127. The van der Waals surface area contributed by atoms with Crippen molar-refractivity contribution >= 4 is 74.3 Å². The van der Waals surface area contributed by atoms with Gasteiger partial charge in [-0.2, -0.15) is 0 Å². The van der Waals surface area contributed by atoms with E-state index in [4.69, 9.17) is 25.1 Å². The highest BCUT2D eigenvalue weighted by Crippen LogP contribution is 2.50. The van der Waals surface area contributed by atoms with Crippen LogP contribution in [0.25, 0.3) is 33.4 Å². The molecule has 2 aliphatic heterocycles. The quantitative estimate of drug-likeness (QED) is 0.0266. The van der Waals surface area contributed by atoms with Crippen LogP contribution in [-0.4, -0.2) is 99.3 Å². The summed E-state index contributed by atoms with van der Waals surface area (Å²) in [5.74, 6) is -1.54. The summed E-state index contributed by atoms with van der Waals surface area (Å²) < 4.78 is 5.12. The SMILES string of the molecule is CCCCN1C(=O)c2cc3nn(-c4cc(CCC(=O)OCC(C)CC(C)(C)C)cc(C(C)(I)CCC(C)(C)CC(C)(C)c5cc(-n6nc7cc8c(cc7n6)C(=O)N(CCCC)C8=O)c(O)c(C(C)(C)c6ccccc6)c5)c4O)nc3cc2C1=O. The molecule has 84 heavy (non-hydrogen) atoms. The Bertz CT molecular complexity index is 3610. The number of fused-ring (bicyclic) bond motifs is 4. The molecule has 5 aromatic carbocycles. The molecule has 0 aliphatic carbocycles. The lowest BCUT2D eigenvalue weighted by atomic mass is 9.67. The van der Waals surface area contributed by atoms with Gasteiger partial charge in [0.25, 0.3) is 23.6 Å². The Morgan fingerprint density at radius 1 is 0.607 bits per heavy atom. The van der Waals surface area contributed by atoms with E-state index in [1.165, 1.54) is 19.4 Å². The summed E-state index contributed by atoms with van der Waals surface area (Å²) in [5.41, 5.74) is 6.10. The molecule has 0 radical (unpaired) electrons. The van der Waals surface area contributed by atoms with E-state index in [0.717, 1.165) is 42.4 Å². The first-order valence-corrected chi connectivity index (χ1v) is 30.7. The highest BCUT2D eigenvalue weighted by Gasteiger charge is 2.40. The zero-order valence-electron chi connectivity index (χ0n) is 51.1. The van der Waals surface area contributed by atoms with Gasteiger partial charge in [-0.1, -0.05) is 161 Å². The number of phenols is 2. The maximum Gasteiger partial charge on any atom is 0.306 e. The van der Waals surface area contributed by atoms with Crippen molar-refractivity contribution in [3.8, 4) is 22.9 Å². The van der Waals surface area contributed by atoms with Crippen LogP contribution in [0.3, 0.4) is 0 Å². The number of ether oxygens (including phenoxy) is 1. The van der Waals surface area contributed by atoms with E-state index >= 15 is 0 Å². The number of aryl methyl sites for hydroxylation is 1. The van der Waals surface area contributed by atoms with Gasteiger partial charge in [-0.15, -0.1) is 30.0 Å². The lowest BCUT2D eigenvalue weighted by molar-refractivity contribution is -0.145. The average molecular weight is 1250 g/mol. The first kappa shape index (κ1) is 61.5. The number of benzene rings is 5. The van der Waals surface area contributed by atoms with E-state index in [1.54, 1.807) is 30.3 Å². The van der Waals surface area contributed by atoms with E-state index in [2.05, 4.69) is 105 Å². The van der Waals surface area contributed by atoms with E-state index in [0.29, 0.717) is 107 Å². The molecule has 9 rings (SSSR count). The van der Waals surface area contributed by atoms with Gasteiger partial charge >= 0.3 is 5.97 Å². The summed E-state index contributed by atoms with van der Waals surface area (Å²) in [6.45, 7) is 28.8. The number of rotatable bonds is 23. The minimum atomic E-state index is -0.675. The summed E-state index contributed by atoms with van der Waals surface area (Å²) >= 11 is 2.42. The van der Waals surface area contributed by atoms with Gasteiger partial charge in [0.15, 0.2) is 0 Å². The minimum absolute atomic E-state index is 0.0134. The van der Waals surface area contributed by atoms with Gasteiger partial charge in [-0.3, -0.25) is 33.8 Å². The number of aromatic nitrogens is 6. The van der Waals surface area contributed by atoms with Crippen molar-refractivity contribution in [3.63, 3.8) is 0 Å². The fraction of sp³-hybridized carbons (Fsp3) is 0.478. The molecule has 17 heteroatoms. The Hall–Kier alpha value is -7.02. The Balaban J connectivity index is 1.02. The first-order chi connectivity index (χ1) is 39.4. The van der Waals surface area contributed by atoms with E-state index in [-0.39, 0.29) is 75.4 Å². The third-order valence-electron chi connectivity index (χ3n) is 16.9. The van der Waals surface area contributed by atoms with E-state index < -0.39 is 14.3 Å². The molecule has 2 unspecified atom stereocenters. The number of amides is 4. The Morgan fingerprint density at radius 2 is 1.07 bits per heavy atom. The standard InChI is InChI=1S/C67H81IN8O8/c1-14-16-27-73-59(80)44-33-50-51(34-45(44)60(73)81)70-75(69-50)54-30-41(23-24-56(77)84-38-40(3)37-63(4,5)6)29-49(58(54)79)67(13,68)26-25-64(7,8)39-65(9,10)43-31-48(66(11,12)42-21-19-18-20-22-42)57(78)55(32-43)76-71-52-35-46-47(36-53(52)72-76)62(83)74(61(46)82)28-17-15-2/h18-22,29-36,40,78-79H,14-17,23-28,37-39H2,1-13H3. The fourth-order valence-electron chi connectivity index (χ4n) is 12.4. The Labute approximate surface area is 506 Å². The second-order valence-electron chi connectivity index (χ2n) is 26.9. The molecule has 0 saturated carbocycles. The maximum absolute atomic E-state index is 13.5. The smallest absolute Gasteiger partial charge is 0.306 e. The molecule has 0 fully saturated rings. The van der Waals surface area contributed by atoms with Crippen LogP contribution in [0.15, 0.2) is 78.9 Å². The third kappa shape index (κ3) is 12.5. The molecule has 2 atom stereocenters. The van der Waals surface area contributed by atoms with Crippen LogP contribution < -0.4 is 0 Å². The van der Waals surface area contributed by atoms with E-state index in [9.17, 15) is 34.2 Å². The molecule has 0 spiro atoms. The van der Waals surface area contributed by atoms with Gasteiger partial charge in [0.1, 0.15) is 44.9 Å². The molecule has 4 heterocycles. The van der Waals surface area contributed by atoms with Crippen molar-refractivity contribution in [3.05, 3.63) is 129 Å². The molecule has 0 bridgehead atoms. The molecule has 444 valence electrons. The van der Waals surface area contributed by atoms with Gasteiger partial charge in [0.05, 0.1) is 28.9 Å². The monoisotopic (exact) mass is 1250 g/mol. The first-order valence-electron chi connectivity index (χ1n) is 29.6. The van der Waals surface area contributed by atoms with Gasteiger partial charge in [-0.25, -0.2) is 0 Å². The second-order valence-corrected chi connectivity index (χ2v) is 29.2. The Morgan fingerprint density at radius 3 is 1.54 bits per heavy atom. The molecular formula is C67H81IN8O8. The van der Waals surface area contributed by atoms with Crippen LogP contribution >= 0.6 is 22.6 Å². The number of hydrogen-bond acceptors (Lipinski definition) is 12. The zero-order chi connectivity index (χ0) is 61.0. The second kappa shape index (κ2) is 23.4. The summed E-state index contributed by atoms with van der Waals surface area (Å²) in [4.78, 5) is 72.5. The summed E-state index contributed by atoms with van der Waals surface area (Å²) in [6, 6.07) is 24.3. The number of esters is 1. The van der Waals surface area contributed by atoms with Crippen molar-refractivity contribution in [2.75, 3.05) is 19.7 Å². The molecule has 7 aromatic rings. The number of halogens is 1. The van der Waals surface area contributed by atoms with Gasteiger partial charge in [0, 0.05) is 39.5 Å². The van der Waals surface area contributed by atoms with Crippen LogP contribution in [-0.2, 0) is 30.2 Å². The van der Waals surface area contributed by atoms with Crippen molar-refractivity contribution in [2.24, 2.45) is 16.7 Å². The van der Waals surface area contributed by atoms with Crippen LogP contribution in [0.4, 0.5) is 0 Å². The summed E-state index contributed by atoms with van der Waals surface area (Å²) in [6.07, 6.45) is 6.48. The maximum atomic E-state index is 13.5. The summed E-state index contributed by atoms with van der Waals surface area (Å²) in [7, 11) is 0. The van der Waals surface area contributed by atoms with Gasteiger partial charge in [0.2, 0.25) is 0 Å². The number of nitrogens with zero attached hydrogens (tertiary/aromatic N) is 8. The number of alkyl halides is 1. The molecular weight excluding hydrogens is 1170 g/mol. The van der Waals surface area contributed by atoms with Crippen LogP contribution in [0, 0.1) is 16.7 Å². The molecule has 4 amide bonds. The Kier molecular flexibility index (Phi) is 17.2. The number of imide groups is 2. The molecule has 2 aromatic heterocycles. The number of hydrogen-bond donors (Lipinski definition) is 2. The number of phenolic OH excluding ortho intramolecular Hbond substituents is 2. The lowest BCUT2D eigenvalue weighted by Gasteiger charge is -2.38. The topological polar surface area (TPSA) is 203 Å². The molecule has 2 N–H and O–H groups in total. The van der Waals surface area contributed by atoms with Crippen LogP contribution in [0.1, 0.15) is 217 Å². The van der Waals surface area contributed by atoms with Crippen molar-refractivity contribution in [1.29, 1.82) is 0 Å². The lowest BCUT2D eigenvalue weighted by Crippen LogP contribution is -2.30. The molecule has 16 nitrogen and oxygen atoms in total. The molecule has 2 aliphatic rings. The summed E-state index contributed by atoms with van der Waals surface area (Å²) in [5, 5.41) is 44.2. The zero-order valence-corrected chi connectivity index (χ0v) is 53.2. The normalized spacial score (nSPS) is 15.2. The predicted octanol–water partition coefficient (Wildman–Crippen LogP) is 14.1. The predicted molar refractivity (Wildman–Crippen MR) is 335 cm³/mol. The van der Waals surface area contributed by atoms with Crippen LogP contribution in [0.5, 0.6) is 11.5 Å². The number of unbranched alkanes of at least 4 members (excludes halogenated alkanes) is 2.